The van der Waals surface area contributed by atoms with E-state index in [2.05, 4.69) is 33.4 Å². The molecular formula is C20H27N3O2. The van der Waals surface area contributed by atoms with E-state index in [-0.39, 0.29) is 11.4 Å². The fourth-order valence-electron chi connectivity index (χ4n) is 4.46. The van der Waals surface area contributed by atoms with Gasteiger partial charge in [0.05, 0.1) is 13.2 Å². The molecule has 0 spiro atoms. The Morgan fingerprint density at radius 3 is 2.76 bits per heavy atom. The number of aromatic nitrogens is 1. The smallest absolute Gasteiger partial charge is 0.240 e. The minimum Gasteiger partial charge on any atom is -0.379 e. The normalized spacial score (nSPS) is 21.3. The van der Waals surface area contributed by atoms with Gasteiger partial charge < -0.3 is 15.0 Å². The molecule has 5 heteroatoms. The summed E-state index contributed by atoms with van der Waals surface area (Å²) in [5, 5.41) is 4.44. The van der Waals surface area contributed by atoms with Gasteiger partial charge in [-0.15, -0.1) is 0 Å². The minimum atomic E-state index is -0.339. The standard InChI is InChI=1S/C20H27N3O2/c24-19(22-15-16-5-4-6-18-17(16)7-10-21-18)20(8-2-1-3-9-20)23-11-13-25-14-12-23/h4-7,10,21H,1-3,8-9,11-15H2,(H,22,24). The number of morpholine rings is 1. The molecule has 1 saturated carbocycles. The molecule has 1 aliphatic carbocycles. The number of nitrogens with one attached hydrogen (secondary N) is 2. The van der Waals surface area contributed by atoms with Gasteiger partial charge in [-0.1, -0.05) is 31.4 Å². The number of nitrogens with zero attached hydrogens (tertiary/aromatic N) is 1. The number of hydrogen-bond acceptors (Lipinski definition) is 3. The van der Waals surface area contributed by atoms with Crippen LogP contribution in [0.2, 0.25) is 0 Å². The summed E-state index contributed by atoms with van der Waals surface area (Å²) in [5.41, 5.74) is 1.95. The van der Waals surface area contributed by atoms with Crippen molar-refractivity contribution < 1.29 is 9.53 Å². The highest BCUT2D eigenvalue weighted by atomic mass is 16.5. The van der Waals surface area contributed by atoms with E-state index in [1.807, 2.05) is 12.3 Å². The number of aromatic amines is 1. The van der Waals surface area contributed by atoms with Crippen LogP contribution in [0.1, 0.15) is 37.7 Å². The van der Waals surface area contributed by atoms with Crippen molar-refractivity contribution in [2.45, 2.75) is 44.2 Å². The van der Waals surface area contributed by atoms with Crippen LogP contribution in [0.4, 0.5) is 0 Å². The summed E-state index contributed by atoms with van der Waals surface area (Å²) in [6.45, 7) is 3.77. The molecule has 5 nitrogen and oxygen atoms in total. The Balaban J connectivity index is 1.51. The van der Waals surface area contributed by atoms with Gasteiger partial charge in [-0.05, 0) is 30.5 Å². The third kappa shape index (κ3) is 3.18. The zero-order chi connectivity index (χ0) is 17.1. The number of carbonyl (C=O) groups is 1. The first-order chi connectivity index (χ1) is 12.3. The predicted octanol–water partition coefficient (Wildman–Crippen LogP) is 2.82. The third-order valence-electron chi connectivity index (χ3n) is 5.84. The number of amides is 1. The summed E-state index contributed by atoms with van der Waals surface area (Å²) >= 11 is 0. The molecule has 1 aliphatic heterocycles. The molecule has 2 heterocycles. The van der Waals surface area contributed by atoms with Crippen LogP contribution in [-0.2, 0) is 16.1 Å². The van der Waals surface area contributed by atoms with Gasteiger partial charge in [-0.2, -0.15) is 0 Å². The number of ether oxygens (including phenoxy) is 1. The number of H-pyrrole nitrogens is 1. The van der Waals surface area contributed by atoms with E-state index in [1.165, 1.54) is 17.4 Å². The second-order valence-electron chi connectivity index (χ2n) is 7.23. The summed E-state index contributed by atoms with van der Waals surface area (Å²) in [7, 11) is 0. The third-order valence-corrected chi connectivity index (χ3v) is 5.84. The first kappa shape index (κ1) is 16.6. The van der Waals surface area contributed by atoms with Crippen molar-refractivity contribution >= 4 is 16.8 Å². The SMILES string of the molecule is O=C(NCc1cccc2[nH]ccc12)C1(N2CCOCC2)CCCCC1. The van der Waals surface area contributed by atoms with Gasteiger partial charge in [-0.25, -0.2) is 0 Å². The Bertz CT molecular complexity index is 727. The van der Waals surface area contributed by atoms with Gasteiger partial charge in [0.2, 0.25) is 5.91 Å². The van der Waals surface area contributed by atoms with Crippen LogP contribution in [0.25, 0.3) is 10.9 Å². The van der Waals surface area contributed by atoms with Crippen molar-refractivity contribution in [1.29, 1.82) is 0 Å². The Labute approximate surface area is 148 Å². The summed E-state index contributed by atoms with van der Waals surface area (Å²) in [5.74, 6) is 0.196. The van der Waals surface area contributed by atoms with Gasteiger partial charge >= 0.3 is 0 Å². The summed E-state index contributed by atoms with van der Waals surface area (Å²) in [4.78, 5) is 18.9. The number of fused-ring (bicyclic) bond motifs is 1. The first-order valence-electron chi connectivity index (χ1n) is 9.46. The van der Waals surface area contributed by atoms with Crippen LogP contribution in [0.5, 0.6) is 0 Å². The van der Waals surface area contributed by atoms with E-state index in [4.69, 9.17) is 4.74 Å². The van der Waals surface area contributed by atoms with Crippen LogP contribution in [0.3, 0.4) is 0 Å². The van der Waals surface area contributed by atoms with Gasteiger partial charge in [0, 0.05) is 36.7 Å². The Hall–Kier alpha value is -1.85. The van der Waals surface area contributed by atoms with E-state index in [0.29, 0.717) is 6.54 Å². The van der Waals surface area contributed by atoms with Crippen LogP contribution in [0, 0.1) is 0 Å². The highest BCUT2D eigenvalue weighted by Gasteiger charge is 2.44. The fraction of sp³-hybridized carbons (Fsp3) is 0.550. The molecule has 0 radical (unpaired) electrons. The summed E-state index contributed by atoms with van der Waals surface area (Å²) in [6.07, 6.45) is 7.39. The average Bonchev–Trinajstić information content (AvgIpc) is 3.17. The van der Waals surface area contributed by atoms with Crippen molar-refractivity contribution in [3.05, 3.63) is 36.0 Å². The fourth-order valence-corrected chi connectivity index (χ4v) is 4.46. The van der Waals surface area contributed by atoms with Crippen molar-refractivity contribution in [1.82, 2.24) is 15.2 Å². The molecule has 4 rings (SSSR count). The van der Waals surface area contributed by atoms with Crippen LogP contribution in [-0.4, -0.2) is 47.6 Å². The molecule has 134 valence electrons. The van der Waals surface area contributed by atoms with Crippen molar-refractivity contribution in [2.24, 2.45) is 0 Å². The lowest BCUT2D eigenvalue weighted by atomic mass is 9.79. The molecule has 25 heavy (non-hydrogen) atoms. The zero-order valence-electron chi connectivity index (χ0n) is 14.7. The molecule has 0 unspecified atom stereocenters. The molecule has 1 aromatic heterocycles. The molecule has 2 aliphatic rings. The van der Waals surface area contributed by atoms with Crippen LogP contribution >= 0.6 is 0 Å². The minimum absolute atomic E-state index is 0.196. The second-order valence-corrected chi connectivity index (χ2v) is 7.23. The molecule has 0 atom stereocenters. The number of carbonyl (C=O) groups excluding carboxylic acids is 1. The Morgan fingerprint density at radius 1 is 1.16 bits per heavy atom. The molecule has 2 aromatic rings. The quantitative estimate of drug-likeness (QED) is 0.899. The van der Waals surface area contributed by atoms with Crippen molar-refractivity contribution in [2.75, 3.05) is 26.3 Å². The monoisotopic (exact) mass is 341 g/mol. The van der Waals surface area contributed by atoms with E-state index >= 15 is 0 Å². The zero-order valence-corrected chi connectivity index (χ0v) is 14.7. The van der Waals surface area contributed by atoms with Gasteiger partial charge in [0.1, 0.15) is 5.54 Å². The van der Waals surface area contributed by atoms with E-state index in [1.54, 1.807) is 0 Å². The lowest BCUT2D eigenvalue weighted by Gasteiger charge is -2.46. The molecular weight excluding hydrogens is 314 g/mol. The molecule has 2 fully saturated rings. The van der Waals surface area contributed by atoms with Crippen molar-refractivity contribution in [3.63, 3.8) is 0 Å². The number of hydrogen-bond donors (Lipinski definition) is 2. The van der Waals surface area contributed by atoms with E-state index in [9.17, 15) is 4.79 Å². The maximum absolute atomic E-state index is 13.3. The Kier molecular flexibility index (Phi) is 4.77. The van der Waals surface area contributed by atoms with E-state index < -0.39 is 0 Å². The lowest BCUT2D eigenvalue weighted by Crippen LogP contribution is -2.62. The topological polar surface area (TPSA) is 57.4 Å². The van der Waals surface area contributed by atoms with E-state index in [0.717, 1.165) is 57.5 Å². The molecule has 0 bridgehead atoms. The number of benzene rings is 1. The van der Waals surface area contributed by atoms with Gasteiger partial charge in [0.15, 0.2) is 0 Å². The highest BCUT2D eigenvalue weighted by Crippen LogP contribution is 2.34. The van der Waals surface area contributed by atoms with Gasteiger partial charge in [0.25, 0.3) is 0 Å². The maximum Gasteiger partial charge on any atom is 0.240 e. The Morgan fingerprint density at radius 2 is 1.96 bits per heavy atom. The largest absolute Gasteiger partial charge is 0.379 e. The number of rotatable bonds is 4. The van der Waals surface area contributed by atoms with Crippen molar-refractivity contribution in [3.8, 4) is 0 Å². The molecule has 2 N–H and O–H groups in total. The maximum atomic E-state index is 13.3. The summed E-state index contributed by atoms with van der Waals surface area (Å²) in [6, 6.07) is 8.28. The molecule has 1 saturated heterocycles. The van der Waals surface area contributed by atoms with Crippen LogP contribution in [0.15, 0.2) is 30.5 Å². The highest BCUT2D eigenvalue weighted by molar-refractivity contribution is 5.87. The summed E-state index contributed by atoms with van der Waals surface area (Å²) < 4.78 is 5.51. The average molecular weight is 341 g/mol. The first-order valence-corrected chi connectivity index (χ1v) is 9.46. The predicted molar refractivity (Wildman–Crippen MR) is 98.4 cm³/mol. The molecule has 1 amide bonds. The van der Waals surface area contributed by atoms with Gasteiger partial charge in [-0.3, -0.25) is 9.69 Å². The lowest BCUT2D eigenvalue weighted by molar-refractivity contribution is -0.140. The molecule has 1 aromatic carbocycles. The van der Waals surface area contributed by atoms with Crippen LogP contribution < -0.4 is 5.32 Å². The second kappa shape index (κ2) is 7.18.